The lowest BCUT2D eigenvalue weighted by Gasteiger charge is -2.12. The Morgan fingerprint density at radius 1 is 1.18 bits per heavy atom. The Labute approximate surface area is 130 Å². The molecule has 0 amide bonds. The summed E-state index contributed by atoms with van der Waals surface area (Å²) in [7, 11) is 0. The maximum atomic E-state index is 12.8. The van der Waals surface area contributed by atoms with Gasteiger partial charge in [-0.05, 0) is 31.5 Å². The molecule has 0 radical (unpaired) electrons. The summed E-state index contributed by atoms with van der Waals surface area (Å²) in [6, 6.07) is 4.35. The van der Waals surface area contributed by atoms with Crippen molar-refractivity contribution < 1.29 is 21.5 Å². The minimum absolute atomic E-state index is 0.0513. The molecule has 2 aromatic rings. The van der Waals surface area contributed by atoms with Crippen LogP contribution in [0.4, 0.5) is 13.2 Å². The molecule has 0 unspecified atom stereocenters. The van der Waals surface area contributed by atoms with E-state index < -0.39 is 11.7 Å². The summed E-state index contributed by atoms with van der Waals surface area (Å²) in [4.78, 5) is 8.00. The molecule has 2 heterocycles. The highest BCUT2D eigenvalue weighted by molar-refractivity contribution is 7.90. The quantitative estimate of drug-likeness (QED) is 0.599. The van der Waals surface area contributed by atoms with Crippen LogP contribution in [0.5, 0.6) is 5.75 Å². The van der Waals surface area contributed by atoms with E-state index in [4.69, 9.17) is 8.37 Å². The maximum Gasteiger partial charge on any atom is 0.418 e. The third-order valence-electron chi connectivity index (χ3n) is 2.62. The van der Waals surface area contributed by atoms with Crippen LogP contribution in [0.2, 0.25) is 0 Å². The third-order valence-corrected chi connectivity index (χ3v) is 3.20. The van der Waals surface area contributed by atoms with E-state index in [9.17, 15) is 13.2 Å². The highest BCUT2D eigenvalue weighted by Crippen LogP contribution is 2.36. The Kier molecular flexibility index (Phi) is 5.25. The van der Waals surface area contributed by atoms with E-state index in [1.54, 1.807) is 25.3 Å². The van der Waals surface area contributed by atoms with Crippen LogP contribution in [0.25, 0.3) is 11.4 Å². The SMILES string of the molecule is CCOSOc1cc(C(F)(F)F)cnc1-c1ccc(C)cn1. The molecule has 8 heteroatoms. The minimum Gasteiger partial charge on any atom is -0.398 e. The Balaban J connectivity index is 2.40. The molecular weight excluding hydrogens is 317 g/mol. The van der Waals surface area contributed by atoms with Gasteiger partial charge >= 0.3 is 6.18 Å². The van der Waals surface area contributed by atoms with Gasteiger partial charge in [-0.25, -0.2) is 4.98 Å². The van der Waals surface area contributed by atoms with Gasteiger partial charge in [0.1, 0.15) is 5.69 Å². The van der Waals surface area contributed by atoms with Gasteiger partial charge in [-0.3, -0.25) is 9.17 Å². The number of hydrogen-bond acceptors (Lipinski definition) is 5. The van der Waals surface area contributed by atoms with Gasteiger partial charge in [0.25, 0.3) is 0 Å². The zero-order chi connectivity index (χ0) is 16.2. The molecule has 0 saturated heterocycles. The zero-order valence-electron chi connectivity index (χ0n) is 11.8. The third kappa shape index (κ3) is 4.11. The van der Waals surface area contributed by atoms with Crippen LogP contribution >= 0.6 is 12.3 Å². The number of rotatable bonds is 5. The van der Waals surface area contributed by atoms with Gasteiger partial charge in [-0.2, -0.15) is 13.2 Å². The molecule has 2 rings (SSSR count). The van der Waals surface area contributed by atoms with Gasteiger partial charge in [0.2, 0.25) is 12.3 Å². The van der Waals surface area contributed by atoms with Crippen molar-refractivity contribution in [3.63, 3.8) is 0 Å². The van der Waals surface area contributed by atoms with Crippen LogP contribution in [0.1, 0.15) is 18.1 Å². The Bertz CT molecular complexity index is 633. The Morgan fingerprint density at radius 3 is 2.55 bits per heavy atom. The summed E-state index contributed by atoms with van der Waals surface area (Å²) in [5.74, 6) is -0.0513. The number of aryl methyl sites for hydroxylation is 1. The van der Waals surface area contributed by atoms with E-state index in [0.29, 0.717) is 24.6 Å². The van der Waals surface area contributed by atoms with Crippen LogP contribution in [-0.4, -0.2) is 16.6 Å². The Hall–Kier alpha value is -1.80. The van der Waals surface area contributed by atoms with Crippen molar-refractivity contribution in [3.8, 4) is 17.1 Å². The lowest BCUT2D eigenvalue weighted by molar-refractivity contribution is -0.137. The van der Waals surface area contributed by atoms with Crippen molar-refractivity contribution >= 4 is 12.3 Å². The lowest BCUT2D eigenvalue weighted by atomic mass is 10.1. The van der Waals surface area contributed by atoms with Crippen LogP contribution in [-0.2, 0) is 10.4 Å². The maximum absolute atomic E-state index is 12.8. The summed E-state index contributed by atoms with van der Waals surface area (Å²) in [6.45, 7) is 3.96. The minimum atomic E-state index is -4.50. The second-order valence-electron chi connectivity index (χ2n) is 4.35. The Morgan fingerprint density at radius 2 is 1.95 bits per heavy atom. The molecule has 0 spiro atoms. The van der Waals surface area contributed by atoms with Gasteiger partial charge in [0.15, 0.2) is 5.75 Å². The molecule has 0 fully saturated rings. The van der Waals surface area contributed by atoms with E-state index in [0.717, 1.165) is 17.8 Å². The predicted octanol–water partition coefficient (Wildman–Crippen LogP) is 4.45. The van der Waals surface area contributed by atoms with Crippen molar-refractivity contribution in [1.29, 1.82) is 0 Å². The largest absolute Gasteiger partial charge is 0.418 e. The van der Waals surface area contributed by atoms with Crippen molar-refractivity contribution in [1.82, 2.24) is 9.97 Å². The first-order valence-electron chi connectivity index (χ1n) is 6.38. The molecular formula is C14H13F3N2O2S. The van der Waals surface area contributed by atoms with E-state index >= 15 is 0 Å². The smallest absolute Gasteiger partial charge is 0.398 e. The average molecular weight is 330 g/mol. The molecule has 118 valence electrons. The number of alkyl halides is 3. The molecule has 2 aromatic heterocycles. The number of hydrogen-bond donors (Lipinski definition) is 0. The number of nitrogens with zero attached hydrogens (tertiary/aromatic N) is 2. The summed E-state index contributed by atoms with van der Waals surface area (Å²) in [5.41, 5.74) is 0.684. The standard InChI is InChI=1S/C14H13F3N2O2S/c1-3-20-22-21-12-6-10(14(15,16)17)8-19-13(12)11-5-4-9(2)7-18-11/h4-8H,3H2,1-2H3. The van der Waals surface area contributed by atoms with Gasteiger partial charge in [-0.1, -0.05) is 6.07 Å². The first-order chi connectivity index (χ1) is 10.4. The van der Waals surface area contributed by atoms with E-state index in [1.165, 1.54) is 0 Å². The van der Waals surface area contributed by atoms with Gasteiger partial charge in [0.05, 0.1) is 17.9 Å². The van der Waals surface area contributed by atoms with Crippen molar-refractivity contribution in [3.05, 3.63) is 41.7 Å². The van der Waals surface area contributed by atoms with Crippen molar-refractivity contribution in [2.45, 2.75) is 20.0 Å². The van der Waals surface area contributed by atoms with Crippen LogP contribution in [0.15, 0.2) is 30.6 Å². The number of aromatic nitrogens is 2. The molecule has 0 bridgehead atoms. The summed E-state index contributed by atoms with van der Waals surface area (Å²) in [6.07, 6.45) is -2.14. The summed E-state index contributed by atoms with van der Waals surface area (Å²) in [5, 5.41) is 0. The fourth-order valence-corrected chi connectivity index (χ4v) is 1.92. The molecule has 0 saturated carbocycles. The molecule has 0 aliphatic carbocycles. The van der Waals surface area contributed by atoms with Gasteiger partial charge < -0.3 is 4.18 Å². The molecule has 0 aliphatic rings. The first-order valence-corrected chi connectivity index (χ1v) is 7.05. The molecule has 22 heavy (non-hydrogen) atoms. The fraction of sp³-hybridized carbons (Fsp3) is 0.286. The molecule has 0 N–H and O–H groups in total. The number of halogens is 3. The van der Waals surface area contributed by atoms with Crippen LogP contribution < -0.4 is 4.18 Å². The lowest BCUT2D eigenvalue weighted by Crippen LogP contribution is -2.06. The van der Waals surface area contributed by atoms with Crippen LogP contribution in [0, 0.1) is 6.92 Å². The first kappa shape index (κ1) is 16.6. The molecule has 0 aromatic carbocycles. The predicted molar refractivity (Wildman–Crippen MR) is 77.1 cm³/mol. The highest BCUT2D eigenvalue weighted by Gasteiger charge is 2.32. The average Bonchev–Trinajstić information content (AvgIpc) is 2.47. The highest BCUT2D eigenvalue weighted by atomic mass is 32.2. The monoisotopic (exact) mass is 330 g/mol. The molecule has 0 atom stereocenters. The van der Waals surface area contributed by atoms with E-state index in [2.05, 4.69) is 9.97 Å². The second kappa shape index (κ2) is 6.97. The van der Waals surface area contributed by atoms with Crippen LogP contribution in [0.3, 0.4) is 0 Å². The summed E-state index contributed by atoms with van der Waals surface area (Å²) >= 11 is 0.603. The normalized spacial score (nSPS) is 11.5. The van der Waals surface area contributed by atoms with E-state index in [-0.39, 0.29) is 11.4 Å². The van der Waals surface area contributed by atoms with Gasteiger partial charge in [-0.15, -0.1) is 0 Å². The van der Waals surface area contributed by atoms with Gasteiger partial charge in [0, 0.05) is 12.4 Å². The number of pyridine rings is 2. The van der Waals surface area contributed by atoms with E-state index in [1.807, 2.05) is 6.92 Å². The topological polar surface area (TPSA) is 44.2 Å². The fourth-order valence-electron chi connectivity index (χ4n) is 1.57. The second-order valence-corrected chi connectivity index (χ2v) is 4.89. The summed E-state index contributed by atoms with van der Waals surface area (Å²) < 4.78 is 48.5. The van der Waals surface area contributed by atoms with Crippen molar-refractivity contribution in [2.24, 2.45) is 0 Å². The zero-order valence-corrected chi connectivity index (χ0v) is 12.7. The molecule has 4 nitrogen and oxygen atoms in total. The molecule has 0 aliphatic heterocycles. The van der Waals surface area contributed by atoms with Crippen molar-refractivity contribution in [2.75, 3.05) is 6.61 Å².